The van der Waals surface area contributed by atoms with E-state index in [0.29, 0.717) is 12.1 Å². The number of unbranched alkanes of at least 4 members (excludes halogenated alkanes) is 1. The van der Waals surface area contributed by atoms with Crippen LogP contribution >= 0.6 is 22.3 Å². The number of carbonyl (C=O) groups excluding carboxylic acids is 1. The highest BCUT2D eigenvalue weighted by Crippen LogP contribution is 2.28. The standard InChI is InChI=1S/C13H17Cl2NO3S/c1-4-5-6-16(3)13(17)10-7-11(14)9(2)12(8-10)20(15,18)19/h7-8H,4-6H2,1-3H3. The largest absolute Gasteiger partial charge is 0.342 e. The molecule has 0 aliphatic heterocycles. The molecular formula is C13H17Cl2NO3S. The first-order chi connectivity index (χ1) is 9.18. The van der Waals surface area contributed by atoms with Crippen LogP contribution in [0, 0.1) is 6.92 Å². The highest BCUT2D eigenvalue weighted by atomic mass is 35.7. The summed E-state index contributed by atoms with van der Waals surface area (Å²) in [6, 6.07) is 2.74. The Hall–Kier alpha value is -0.780. The zero-order valence-electron chi connectivity index (χ0n) is 11.6. The maximum absolute atomic E-state index is 12.2. The molecule has 112 valence electrons. The van der Waals surface area contributed by atoms with Crippen LogP contribution in [-0.2, 0) is 9.05 Å². The Morgan fingerprint density at radius 1 is 1.35 bits per heavy atom. The second-order valence-corrected chi connectivity index (χ2v) is 7.54. The first kappa shape index (κ1) is 17.3. The third-order valence-electron chi connectivity index (χ3n) is 3.00. The molecule has 0 atom stereocenters. The smallest absolute Gasteiger partial charge is 0.261 e. The minimum absolute atomic E-state index is 0.126. The van der Waals surface area contributed by atoms with Crippen LogP contribution in [0.2, 0.25) is 5.02 Å². The number of nitrogens with zero attached hydrogens (tertiary/aromatic N) is 1. The van der Waals surface area contributed by atoms with Gasteiger partial charge in [-0.25, -0.2) is 8.42 Å². The molecule has 1 rings (SSSR count). The second kappa shape index (κ2) is 6.78. The van der Waals surface area contributed by atoms with Crippen LogP contribution in [0.5, 0.6) is 0 Å². The van der Waals surface area contributed by atoms with Gasteiger partial charge in [-0.2, -0.15) is 0 Å². The molecule has 4 nitrogen and oxygen atoms in total. The van der Waals surface area contributed by atoms with Crippen molar-refractivity contribution in [2.45, 2.75) is 31.6 Å². The van der Waals surface area contributed by atoms with Gasteiger partial charge >= 0.3 is 0 Å². The molecule has 0 saturated carbocycles. The molecule has 0 aliphatic rings. The van der Waals surface area contributed by atoms with Crippen LogP contribution in [0.3, 0.4) is 0 Å². The SMILES string of the molecule is CCCCN(C)C(=O)c1cc(Cl)c(C)c(S(=O)(=O)Cl)c1. The van der Waals surface area contributed by atoms with Gasteiger partial charge in [0.15, 0.2) is 0 Å². The van der Waals surface area contributed by atoms with E-state index in [1.54, 1.807) is 14.0 Å². The van der Waals surface area contributed by atoms with Crippen LogP contribution in [0.4, 0.5) is 0 Å². The molecule has 0 bridgehead atoms. The molecule has 0 fully saturated rings. The summed E-state index contributed by atoms with van der Waals surface area (Å²) in [6.45, 7) is 4.18. The van der Waals surface area contributed by atoms with Gasteiger partial charge in [0, 0.05) is 34.9 Å². The van der Waals surface area contributed by atoms with Crippen LogP contribution < -0.4 is 0 Å². The van der Waals surface area contributed by atoms with Crippen molar-refractivity contribution in [1.82, 2.24) is 4.90 Å². The summed E-state index contributed by atoms with van der Waals surface area (Å²) in [4.78, 5) is 13.6. The van der Waals surface area contributed by atoms with Crippen LogP contribution in [-0.4, -0.2) is 32.8 Å². The van der Waals surface area contributed by atoms with Crippen molar-refractivity contribution in [3.63, 3.8) is 0 Å². The molecule has 1 amide bonds. The van der Waals surface area contributed by atoms with E-state index in [9.17, 15) is 13.2 Å². The Balaban J connectivity index is 3.21. The molecule has 0 N–H and O–H groups in total. The van der Waals surface area contributed by atoms with Crippen LogP contribution in [0.1, 0.15) is 35.7 Å². The zero-order chi connectivity index (χ0) is 15.5. The number of rotatable bonds is 5. The highest BCUT2D eigenvalue weighted by molar-refractivity contribution is 8.13. The Bertz CT molecular complexity index is 614. The maximum Gasteiger partial charge on any atom is 0.261 e. The van der Waals surface area contributed by atoms with E-state index in [0.717, 1.165) is 12.8 Å². The minimum atomic E-state index is -3.94. The highest BCUT2D eigenvalue weighted by Gasteiger charge is 2.20. The number of hydrogen-bond donors (Lipinski definition) is 0. The molecule has 20 heavy (non-hydrogen) atoms. The summed E-state index contributed by atoms with van der Waals surface area (Å²) in [5, 5.41) is 0.207. The third-order valence-corrected chi connectivity index (χ3v) is 4.84. The number of hydrogen-bond acceptors (Lipinski definition) is 3. The quantitative estimate of drug-likeness (QED) is 0.773. The predicted octanol–water partition coefficient (Wildman–Crippen LogP) is 3.45. The van der Waals surface area contributed by atoms with Gasteiger partial charge in [0.1, 0.15) is 0 Å². The second-order valence-electron chi connectivity index (χ2n) is 4.60. The van der Waals surface area contributed by atoms with E-state index >= 15 is 0 Å². The van der Waals surface area contributed by atoms with Crippen molar-refractivity contribution in [1.29, 1.82) is 0 Å². The molecule has 0 radical (unpaired) electrons. The lowest BCUT2D eigenvalue weighted by molar-refractivity contribution is 0.0793. The average molecular weight is 338 g/mol. The van der Waals surface area contributed by atoms with Crippen molar-refractivity contribution in [2.75, 3.05) is 13.6 Å². The van der Waals surface area contributed by atoms with E-state index in [-0.39, 0.29) is 21.4 Å². The molecule has 1 aromatic rings. The van der Waals surface area contributed by atoms with Gasteiger partial charge in [0.25, 0.3) is 15.0 Å². The molecule has 0 aromatic heterocycles. The molecular weight excluding hydrogens is 321 g/mol. The van der Waals surface area contributed by atoms with E-state index < -0.39 is 9.05 Å². The van der Waals surface area contributed by atoms with Crippen molar-refractivity contribution in [3.8, 4) is 0 Å². The Morgan fingerprint density at radius 2 is 1.95 bits per heavy atom. The first-order valence-electron chi connectivity index (χ1n) is 6.18. The van der Waals surface area contributed by atoms with Gasteiger partial charge in [-0.3, -0.25) is 4.79 Å². The molecule has 7 heteroatoms. The summed E-state index contributed by atoms with van der Waals surface area (Å²) in [6.07, 6.45) is 1.84. The van der Waals surface area contributed by atoms with Crippen molar-refractivity contribution in [2.24, 2.45) is 0 Å². The normalized spacial score (nSPS) is 11.4. The lowest BCUT2D eigenvalue weighted by Crippen LogP contribution is -2.27. The lowest BCUT2D eigenvalue weighted by atomic mass is 10.1. The third kappa shape index (κ3) is 4.11. The number of amides is 1. The van der Waals surface area contributed by atoms with Gasteiger partial charge < -0.3 is 4.90 Å². The van der Waals surface area contributed by atoms with E-state index in [4.69, 9.17) is 22.3 Å². The van der Waals surface area contributed by atoms with Crippen LogP contribution in [0.25, 0.3) is 0 Å². The predicted molar refractivity (Wildman–Crippen MR) is 81.1 cm³/mol. The lowest BCUT2D eigenvalue weighted by Gasteiger charge is -2.17. The molecule has 0 spiro atoms. The number of carbonyl (C=O) groups is 1. The van der Waals surface area contributed by atoms with E-state index in [1.807, 2.05) is 6.92 Å². The van der Waals surface area contributed by atoms with Gasteiger partial charge in [0.2, 0.25) is 0 Å². The summed E-state index contributed by atoms with van der Waals surface area (Å²) in [5.41, 5.74) is 0.563. The van der Waals surface area contributed by atoms with E-state index in [1.165, 1.54) is 17.0 Å². The van der Waals surface area contributed by atoms with Gasteiger partial charge in [-0.15, -0.1) is 0 Å². The van der Waals surface area contributed by atoms with Gasteiger partial charge in [-0.05, 0) is 31.0 Å². The molecule has 0 heterocycles. The molecule has 0 aliphatic carbocycles. The fourth-order valence-corrected chi connectivity index (χ4v) is 3.25. The fourth-order valence-electron chi connectivity index (χ4n) is 1.75. The van der Waals surface area contributed by atoms with Crippen molar-refractivity contribution < 1.29 is 13.2 Å². The Labute approximate surface area is 129 Å². The fraction of sp³-hybridized carbons (Fsp3) is 0.462. The summed E-state index contributed by atoms with van der Waals surface area (Å²) >= 11 is 5.98. The van der Waals surface area contributed by atoms with E-state index in [2.05, 4.69) is 0 Å². The first-order valence-corrected chi connectivity index (χ1v) is 8.87. The summed E-state index contributed by atoms with van der Waals surface area (Å²) in [7, 11) is 3.09. The maximum atomic E-state index is 12.2. The Morgan fingerprint density at radius 3 is 2.45 bits per heavy atom. The number of benzene rings is 1. The van der Waals surface area contributed by atoms with Crippen LogP contribution in [0.15, 0.2) is 17.0 Å². The van der Waals surface area contributed by atoms with Crippen molar-refractivity contribution in [3.05, 3.63) is 28.3 Å². The topological polar surface area (TPSA) is 54.5 Å². The van der Waals surface area contributed by atoms with Gasteiger partial charge in [-0.1, -0.05) is 24.9 Å². The van der Waals surface area contributed by atoms with Gasteiger partial charge in [0.05, 0.1) is 4.90 Å². The molecule has 1 aromatic carbocycles. The summed E-state index contributed by atoms with van der Waals surface area (Å²) in [5.74, 6) is -0.276. The average Bonchev–Trinajstić information content (AvgIpc) is 2.36. The number of halogens is 2. The molecule has 0 unspecified atom stereocenters. The molecule has 0 saturated heterocycles. The van der Waals surface area contributed by atoms with Crippen molar-refractivity contribution >= 4 is 37.2 Å². The monoisotopic (exact) mass is 337 g/mol. The zero-order valence-corrected chi connectivity index (χ0v) is 13.9. The Kier molecular flexibility index (Phi) is 5.86. The minimum Gasteiger partial charge on any atom is -0.342 e. The summed E-state index contributed by atoms with van der Waals surface area (Å²) < 4.78 is 23.0.